The van der Waals surface area contributed by atoms with Crippen molar-refractivity contribution < 1.29 is 4.52 Å². The van der Waals surface area contributed by atoms with Crippen LogP contribution in [0.5, 0.6) is 0 Å². The van der Waals surface area contributed by atoms with Crippen LogP contribution in [0.25, 0.3) is 0 Å². The maximum Gasteiger partial charge on any atom is 0.191 e. The lowest BCUT2D eigenvalue weighted by Gasteiger charge is -2.20. The highest BCUT2D eigenvalue weighted by Crippen LogP contribution is 2.25. The summed E-state index contributed by atoms with van der Waals surface area (Å²) in [6, 6.07) is 2.87. The molecule has 0 amide bonds. The van der Waals surface area contributed by atoms with E-state index in [1.807, 2.05) is 0 Å². The van der Waals surface area contributed by atoms with Gasteiger partial charge in [-0.1, -0.05) is 25.9 Å². The monoisotopic (exact) mass is 463 g/mol. The molecule has 6 nitrogen and oxygen atoms in total. The van der Waals surface area contributed by atoms with Crippen molar-refractivity contribution in [3.63, 3.8) is 0 Å². The molecule has 7 heteroatoms. The summed E-state index contributed by atoms with van der Waals surface area (Å²) in [6.07, 6.45) is 4.89. The van der Waals surface area contributed by atoms with Crippen LogP contribution in [0.4, 0.5) is 0 Å². The van der Waals surface area contributed by atoms with Gasteiger partial charge in [0.1, 0.15) is 0 Å². The standard InChI is InChI=1S/C18H33N5O.HI/c1-5-14(6-2)17-12-16(24-22-17)13-21-18(19-4)20-10-11-23(7-3)15-8-9-15;/h12,14-15H,5-11,13H2,1-4H3,(H2,19,20,21);1H. The van der Waals surface area contributed by atoms with Gasteiger partial charge in [-0.25, -0.2) is 0 Å². The van der Waals surface area contributed by atoms with Crippen LogP contribution in [-0.2, 0) is 6.54 Å². The summed E-state index contributed by atoms with van der Waals surface area (Å²) in [5, 5.41) is 10.9. The molecule has 1 fully saturated rings. The van der Waals surface area contributed by atoms with Crippen LogP contribution in [0.3, 0.4) is 0 Å². The van der Waals surface area contributed by atoms with Gasteiger partial charge in [0.25, 0.3) is 0 Å². The van der Waals surface area contributed by atoms with Crippen LogP contribution in [0.1, 0.15) is 63.8 Å². The molecule has 0 spiro atoms. The zero-order chi connectivity index (χ0) is 17.4. The number of likely N-dealkylation sites (N-methyl/N-ethyl adjacent to an activating group) is 1. The third kappa shape index (κ3) is 7.13. The van der Waals surface area contributed by atoms with E-state index in [2.05, 4.69) is 52.5 Å². The Balaban J connectivity index is 0.00000312. The van der Waals surface area contributed by atoms with Crippen LogP contribution in [0, 0.1) is 0 Å². The minimum Gasteiger partial charge on any atom is -0.359 e. The molecule has 1 heterocycles. The number of halogens is 1. The first kappa shape index (κ1) is 22.2. The number of nitrogens with one attached hydrogen (secondary N) is 2. The molecule has 0 atom stereocenters. The van der Waals surface area contributed by atoms with Crippen molar-refractivity contribution in [3.05, 3.63) is 17.5 Å². The summed E-state index contributed by atoms with van der Waals surface area (Å²) in [5.74, 6) is 2.15. The zero-order valence-electron chi connectivity index (χ0n) is 16.0. The number of rotatable bonds is 10. The predicted molar refractivity (Wildman–Crippen MR) is 114 cm³/mol. The van der Waals surface area contributed by atoms with Crippen molar-refractivity contribution in [3.8, 4) is 0 Å². The molecule has 0 bridgehead atoms. The van der Waals surface area contributed by atoms with Gasteiger partial charge in [0, 0.05) is 38.2 Å². The summed E-state index contributed by atoms with van der Waals surface area (Å²) >= 11 is 0. The van der Waals surface area contributed by atoms with E-state index in [1.165, 1.54) is 12.8 Å². The summed E-state index contributed by atoms with van der Waals surface area (Å²) in [5.41, 5.74) is 1.06. The van der Waals surface area contributed by atoms with E-state index in [-0.39, 0.29) is 24.0 Å². The average molecular weight is 463 g/mol. The molecule has 1 aliphatic carbocycles. The molecule has 0 unspecified atom stereocenters. The first-order chi connectivity index (χ1) is 11.7. The molecule has 1 saturated carbocycles. The lowest BCUT2D eigenvalue weighted by atomic mass is 9.99. The van der Waals surface area contributed by atoms with Crippen LogP contribution >= 0.6 is 24.0 Å². The highest BCUT2D eigenvalue weighted by atomic mass is 127. The number of nitrogens with zero attached hydrogens (tertiary/aromatic N) is 3. The summed E-state index contributed by atoms with van der Waals surface area (Å²) in [4.78, 5) is 6.80. The van der Waals surface area contributed by atoms with Gasteiger partial charge in [-0.15, -0.1) is 24.0 Å². The van der Waals surface area contributed by atoms with E-state index in [1.54, 1.807) is 7.05 Å². The minimum atomic E-state index is 0. The second kappa shape index (κ2) is 11.7. The maximum absolute atomic E-state index is 5.44. The van der Waals surface area contributed by atoms with E-state index >= 15 is 0 Å². The maximum atomic E-state index is 5.44. The second-order valence-corrected chi connectivity index (χ2v) is 6.44. The third-order valence-electron chi connectivity index (χ3n) is 4.80. The number of hydrogen-bond donors (Lipinski definition) is 2. The average Bonchev–Trinajstić information content (AvgIpc) is 3.34. The van der Waals surface area contributed by atoms with Gasteiger partial charge in [0.05, 0.1) is 12.2 Å². The fourth-order valence-corrected chi connectivity index (χ4v) is 3.06. The Bertz CT molecular complexity index is 511. The van der Waals surface area contributed by atoms with Crippen LogP contribution in [0.2, 0.25) is 0 Å². The Morgan fingerprint density at radius 2 is 2.04 bits per heavy atom. The minimum absolute atomic E-state index is 0. The van der Waals surface area contributed by atoms with Crippen molar-refractivity contribution in [1.82, 2.24) is 20.7 Å². The molecule has 0 aromatic carbocycles. The van der Waals surface area contributed by atoms with E-state index in [0.717, 1.165) is 55.9 Å². The Morgan fingerprint density at radius 1 is 1.32 bits per heavy atom. The molecule has 1 aromatic heterocycles. The largest absolute Gasteiger partial charge is 0.359 e. The van der Waals surface area contributed by atoms with Crippen molar-refractivity contribution >= 4 is 29.9 Å². The molecule has 2 N–H and O–H groups in total. The first-order valence-electron chi connectivity index (χ1n) is 9.35. The zero-order valence-corrected chi connectivity index (χ0v) is 18.4. The van der Waals surface area contributed by atoms with E-state index < -0.39 is 0 Å². The van der Waals surface area contributed by atoms with Gasteiger partial charge in [-0.3, -0.25) is 9.89 Å². The normalized spacial score (nSPS) is 14.7. The highest BCUT2D eigenvalue weighted by Gasteiger charge is 2.27. The topological polar surface area (TPSA) is 65.7 Å². The number of guanidine groups is 1. The smallest absolute Gasteiger partial charge is 0.191 e. The van der Waals surface area contributed by atoms with Gasteiger partial charge in [0.15, 0.2) is 11.7 Å². The highest BCUT2D eigenvalue weighted by molar-refractivity contribution is 14.0. The molecule has 0 saturated heterocycles. The molecule has 1 aromatic rings. The molecule has 2 rings (SSSR count). The van der Waals surface area contributed by atoms with Gasteiger partial charge in [0.2, 0.25) is 0 Å². The fraction of sp³-hybridized carbons (Fsp3) is 0.778. The molecule has 25 heavy (non-hydrogen) atoms. The molecule has 144 valence electrons. The van der Waals surface area contributed by atoms with E-state index in [9.17, 15) is 0 Å². The van der Waals surface area contributed by atoms with Crippen LogP contribution < -0.4 is 10.6 Å². The molecular formula is C18H34IN5O. The molecule has 0 aliphatic heterocycles. The Hall–Kier alpha value is -0.830. The Morgan fingerprint density at radius 3 is 2.60 bits per heavy atom. The number of hydrogen-bond acceptors (Lipinski definition) is 4. The van der Waals surface area contributed by atoms with Crippen molar-refractivity contribution in [1.29, 1.82) is 0 Å². The summed E-state index contributed by atoms with van der Waals surface area (Å²) in [6.45, 7) is 10.3. The Kier molecular flexibility index (Phi) is 10.4. The SMILES string of the molecule is CCC(CC)c1cc(CNC(=NC)NCCN(CC)C2CC2)on1.I. The lowest BCUT2D eigenvalue weighted by Crippen LogP contribution is -2.41. The van der Waals surface area contributed by atoms with Crippen molar-refractivity contribution in [2.45, 2.75) is 65.0 Å². The van der Waals surface area contributed by atoms with Gasteiger partial charge < -0.3 is 15.2 Å². The van der Waals surface area contributed by atoms with Crippen molar-refractivity contribution in [2.75, 3.05) is 26.7 Å². The van der Waals surface area contributed by atoms with Crippen molar-refractivity contribution in [2.24, 2.45) is 4.99 Å². The lowest BCUT2D eigenvalue weighted by molar-refractivity contribution is 0.282. The van der Waals surface area contributed by atoms with Gasteiger partial charge in [-0.2, -0.15) is 0 Å². The van der Waals surface area contributed by atoms with Gasteiger partial charge in [-0.05, 0) is 32.2 Å². The van der Waals surface area contributed by atoms with Gasteiger partial charge >= 0.3 is 0 Å². The molecule has 1 aliphatic rings. The van der Waals surface area contributed by atoms with E-state index in [0.29, 0.717) is 12.5 Å². The third-order valence-corrected chi connectivity index (χ3v) is 4.80. The molecule has 0 radical (unpaired) electrons. The Labute approximate surface area is 169 Å². The first-order valence-corrected chi connectivity index (χ1v) is 9.35. The quantitative estimate of drug-likeness (QED) is 0.317. The number of aromatic nitrogens is 1. The fourth-order valence-electron chi connectivity index (χ4n) is 3.06. The predicted octanol–water partition coefficient (Wildman–Crippen LogP) is 3.35. The number of aliphatic imine (C=N–C) groups is 1. The van der Waals surface area contributed by atoms with Crippen LogP contribution in [0.15, 0.2) is 15.6 Å². The van der Waals surface area contributed by atoms with Crippen LogP contribution in [-0.4, -0.2) is 48.7 Å². The summed E-state index contributed by atoms with van der Waals surface area (Å²) in [7, 11) is 1.80. The summed E-state index contributed by atoms with van der Waals surface area (Å²) < 4.78 is 5.44. The van der Waals surface area contributed by atoms with E-state index in [4.69, 9.17) is 4.52 Å². The molecular weight excluding hydrogens is 429 g/mol. The second-order valence-electron chi connectivity index (χ2n) is 6.44.